The summed E-state index contributed by atoms with van der Waals surface area (Å²) < 4.78 is 0.910. The maximum atomic E-state index is 12.2. The minimum absolute atomic E-state index is 0.206. The molecule has 0 spiro atoms. The molecule has 0 aliphatic rings. The number of rotatable bonds is 4. The van der Waals surface area contributed by atoms with Gasteiger partial charge < -0.3 is 0 Å². The average molecular weight is 364 g/mol. The van der Waals surface area contributed by atoms with E-state index in [4.69, 9.17) is 11.6 Å². The lowest BCUT2D eigenvalue weighted by molar-refractivity contribution is 0.0962. The Morgan fingerprint density at radius 3 is 2.87 bits per heavy atom. The van der Waals surface area contributed by atoms with Gasteiger partial charge in [-0.3, -0.25) is 15.6 Å². The first kappa shape index (κ1) is 16.1. The highest BCUT2D eigenvalue weighted by Crippen LogP contribution is 2.33. The summed E-state index contributed by atoms with van der Waals surface area (Å²) in [6.07, 6.45) is 1.97. The van der Waals surface area contributed by atoms with Gasteiger partial charge in [-0.1, -0.05) is 35.1 Å². The lowest BCUT2D eigenvalue weighted by Gasteiger charge is -2.06. The Kier molecular flexibility index (Phi) is 4.75. The van der Waals surface area contributed by atoms with Crippen molar-refractivity contribution in [3.05, 3.63) is 52.5 Å². The van der Waals surface area contributed by atoms with Crippen LogP contribution in [-0.4, -0.2) is 17.1 Å². The van der Waals surface area contributed by atoms with Crippen LogP contribution in [-0.2, 0) is 0 Å². The van der Waals surface area contributed by atoms with Gasteiger partial charge in [0.2, 0.25) is 5.13 Å². The van der Waals surface area contributed by atoms with E-state index in [1.807, 2.05) is 43.5 Å². The Hall–Kier alpha value is -1.76. The second kappa shape index (κ2) is 6.78. The van der Waals surface area contributed by atoms with E-state index in [0.717, 1.165) is 20.7 Å². The van der Waals surface area contributed by atoms with E-state index in [1.165, 1.54) is 11.3 Å². The fourth-order valence-corrected chi connectivity index (χ4v) is 3.73. The molecule has 3 aromatic rings. The second-order valence-electron chi connectivity index (χ2n) is 4.87. The summed E-state index contributed by atoms with van der Waals surface area (Å²) >= 11 is 9.19. The lowest BCUT2D eigenvalue weighted by Crippen LogP contribution is -2.29. The zero-order valence-corrected chi connectivity index (χ0v) is 14.9. The molecule has 0 atom stereocenters. The monoisotopic (exact) mass is 363 g/mol. The van der Waals surface area contributed by atoms with Crippen LogP contribution in [0.25, 0.3) is 10.2 Å². The van der Waals surface area contributed by atoms with Crippen molar-refractivity contribution in [3.63, 3.8) is 0 Å². The molecule has 3 rings (SSSR count). The number of amides is 1. The summed E-state index contributed by atoms with van der Waals surface area (Å²) in [6, 6.07) is 11.2. The number of hydrazine groups is 1. The standard InChI is InChI=1S/C16H14ClN3OS2/c1-9-6-7-12(17)14-13(9)18-16(23-14)20-19-15(21)10-4-3-5-11(8-10)22-2/h3-8H,1-2H3,(H,18,20)(H,19,21). The third kappa shape index (κ3) is 3.44. The Bertz CT molecular complexity index is 840. The highest BCUT2D eigenvalue weighted by Gasteiger charge is 2.11. The van der Waals surface area contributed by atoms with Crippen molar-refractivity contribution in [1.82, 2.24) is 10.4 Å². The zero-order valence-electron chi connectivity index (χ0n) is 12.5. The number of halogens is 1. The first-order valence-electron chi connectivity index (χ1n) is 6.84. The number of thioether (sulfide) groups is 1. The molecule has 0 saturated heterocycles. The fraction of sp³-hybridized carbons (Fsp3) is 0.125. The summed E-state index contributed by atoms with van der Waals surface area (Å²) in [5, 5.41) is 1.26. The van der Waals surface area contributed by atoms with Gasteiger partial charge >= 0.3 is 0 Å². The third-order valence-corrected chi connectivity index (χ3v) is 5.47. The van der Waals surface area contributed by atoms with Crippen molar-refractivity contribution in [2.45, 2.75) is 11.8 Å². The van der Waals surface area contributed by atoms with E-state index < -0.39 is 0 Å². The van der Waals surface area contributed by atoms with E-state index in [1.54, 1.807) is 17.8 Å². The molecule has 1 heterocycles. The number of aryl methyl sites for hydroxylation is 1. The lowest BCUT2D eigenvalue weighted by atomic mass is 10.2. The minimum atomic E-state index is -0.206. The molecule has 4 nitrogen and oxygen atoms in total. The Morgan fingerprint density at radius 1 is 1.30 bits per heavy atom. The van der Waals surface area contributed by atoms with Crippen LogP contribution in [0.3, 0.4) is 0 Å². The average Bonchev–Trinajstić information content (AvgIpc) is 3.02. The predicted octanol–water partition coefficient (Wildman–Crippen LogP) is 4.74. The Balaban J connectivity index is 1.76. The molecular formula is C16H14ClN3OS2. The molecule has 0 bridgehead atoms. The molecule has 0 aliphatic heterocycles. The molecule has 2 aromatic carbocycles. The number of aromatic nitrogens is 1. The van der Waals surface area contributed by atoms with Crippen molar-refractivity contribution in [3.8, 4) is 0 Å². The van der Waals surface area contributed by atoms with Gasteiger partial charge in [0.15, 0.2) is 0 Å². The van der Waals surface area contributed by atoms with Crippen LogP contribution >= 0.6 is 34.7 Å². The van der Waals surface area contributed by atoms with Gasteiger partial charge in [0, 0.05) is 10.5 Å². The first-order chi connectivity index (χ1) is 11.1. The minimum Gasteiger partial charge on any atom is -0.273 e. The Labute approximate surface area is 147 Å². The van der Waals surface area contributed by atoms with E-state index in [0.29, 0.717) is 15.7 Å². The molecule has 118 valence electrons. The number of fused-ring (bicyclic) bond motifs is 1. The maximum Gasteiger partial charge on any atom is 0.269 e. The highest BCUT2D eigenvalue weighted by molar-refractivity contribution is 7.98. The maximum absolute atomic E-state index is 12.2. The number of benzene rings is 2. The summed E-state index contributed by atoms with van der Waals surface area (Å²) in [7, 11) is 0. The number of nitrogens with zero attached hydrogens (tertiary/aromatic N) is 1. The summed E-state index contributed by atoms with van der Waals surface area (Å²) in [4.78, 5) is 17.7. The summed E-state index contributed by atoms with van der Waals surface area (Å²) in [6.45, 7) is 1.98. The van der Waals surface area contributed by atoms with Gasteiger partial charge in [-0.15, -0.1) is 11.8 Å². The van der Waals surface area contributed by atoms with E-state index in [9.17, 15) is 4.79 Å². The number of hydrogen-bond acceptors (Lipinski definition) is 5. The molecule has 0 unspecified atom stereocenters. The summed E-state index contributed by atoms with van der Waals surface area (Å²) in [5.41, 5.74) is 8.04. The van der Waals surface area contributed by atoms with Crippen LogP contribution in [0.2, 0.25) is 5.02 Å². The van der Waals surface area contributed by atoms with Crippen molar-refractivity contribution >= 4 is 56.0 Å². The highest BCUT2D eigenvalue weighted by atomic mass is 35.5. The predicted molar refractivity (Wildman–Crippen MR) is 98.7 cm³/mol. The van der Waals surface area contributed by atoms with Crippen molar-refractivity contribution in [2.24, 2.45) is 0 Å². The van der Waals surface area contributed by atoms with E-state index in [2.05, 4.69) is 15.8 Å². The normalized spacial score (nSPS) is 10.7. The second-order valence-corrected chi connectivity index (χ2v) is 7.16. The van der Waals surface area contributed by atoms with Crippen molar-refractivity contribution < 1.29 is 4.79 Å². The molecule has 7 heteroatoms. The van der Waals surface area contributed by atoms with Gasteiger partial charge in [0.1, 0.15) is 0 Å². The smallest absolute Gasteiger partial charge is 0.269 e. The molecule has 2 N–H and O–H groups in total. The molecule has 1 amide bonds. The van der Waals surface area contributed by atoms with Gasteiger partial charge in [-0.05, 0) is 43.0 Å². The van der Waals surface area contributed by atoms with Gasteiger partial charge in [-0.2, -0.15) is 0 Å². The van der Waals surface area contributed by atoms with Crippen LogP contribution in [0, 0.1) is 6.92 Å². The topological polar surface area (TPSA) is 54.0 Å². The third-order valence-electron chi connectivity index (χ3n) is 3.31. The zero-order chi connectivity index (χ0) is 16.4. The van der Waals surface area contributed by atoms with E-state index in [-0.39, 0.29) is 5.91 Å². The SMILES string of the molecule is CSc1cccc(C(=O)NNc2nc3c(C)ccc(Cl)c3s2)c1. The molecular weight excluding hydrogens is 350 g/mol. The van der Waals surface area contributed by atoms with Crippen molar-refractivity contribution in [1.29, 1.82) is 0 Å². The van der Waals surface area contributed by atoms with Crippen LogP contribution in [0.5, 0.6) is 0 Å². The number of nitrogens with one attached hydrogen (secondary N) is 2. The number of hydrogen-bond donors (Lipinski definition) is 2. The van der Waals surface area contributed by atoms with Crippen LogP contribution in [0.1, 0.15) is 15.9 Å². The van der Waals surface area contributed by atoms with Crippen LogP contribution < -0.4 is 10.9 Å². The molecule has 0 radical (unpaired) electrons. The van der Waals surface area contributed by atoms with Gasteiger partial charge in [0.25, 0.3) is 5.91 Å². The number of thiazole rings is 1. The molecule has 0 aliphatic carbocycles. The van der Waals surface area contributed by atoms with E-state index >= 15 is 0 Å². The molecule has 23 heavy (non-hydrogen) atoms. The molecule has 0 fully saturated rings. The fourth-order valence-electron chi connectivity index (χ4n) is 2.10. The van der Waals surface area contributed by atoms with Crippen molar-refractivity contribution in [2.75, 3.05) is 11.7 Å². The largest absolute Gasteiger partial charge is 0.273 e. The quantitative estimate of drug-likeness (QED) is 0.519. The van der Waals surface area contributed by atoms with Crippen LogP contribution in [0.4, 0.5) is 5.13 Å². The number of carbonyl (C=O) groups is 1. The van der Waals surface area contributed by atoms with Gasteiger partial charge in [-0.25, -0.2) is 4.98 Å². The number of carbonyl (C=O) groups excluding carboxylic acids is 1. The number of anilines is 1. The molecule has 0 saturated carbocycles. The van der Waals surface area contributed by atoms with Crippen LogP contribution in [0.15, 0.2) is 41.3 Å². The first-order valence-corrected chi connectivity index (χ1v) is 9.26. The summed E-state index contributed by atoms with van der Waals surface area (Å²) in [5.74, 6) is -0.206. The van der Waals surface area contributed by atoms with Gasteiger partial charge in [0.05, 0.1) is 15.2 Å². The Morgan fingerprint density at radius 2 is 2.13 bits per heavy atom. The molecule has 1 aromatic heterocycles.